The van der Waals surface area contributed by atoms with Gasteiger partial charge in [0.15, 0.2) is 0 Å². The van der Waals surface area contributed by atoms with E-state index < -0.39 is 0 Å². The van der Waals surface area contributed by atoms with Crippen molar-refractivity contribution in [1.29, 1.82) is 0 Å². The molecule has 0 saturated heterocycles. The molecule has 1 aromatic rings. The van der Waals surface area contributed by atoms with Gasteiger partial charge in [0, 0.05) is 32.9 Å². The first-order valence-electron chi connectivity index (χ1n) is 4.67. The summed E-state index contributed by atoms with van der Waals surface area (Å²) in [6.07, 6.45) is 5.10. The van der Waals surface area contributed by atoms with E-state index in [-0.39, 0.29) is 5.91 Å². The van der Waals surface area contributed by atoms with Crippen molar-refractivity contribution in [2.45, 2.75) is 13.5 Å². The number of likely N-dealkylation sites (N-methyl/N-ethyl adjacent to an activating group) is 1. The Bertz CT molecular complexity index is 382. The summed E-state index contributed by atoms with van der Waals surface area (Å²) in [5.41, 5.74) is 0.770. The first-order valence-corrected chi connectivity index (χ1v) is 5.46. The summed E-state index contributed by atoms with van der Waals surface area (Å²) in [5.74, 6) is -0.0482. The van der Waals surface area contributed by atoms with Crippen molar-refractivity contribution in [3.05, 3.63) is 22.4 Å². The fourth-order valence-corrected chi connectivity index (χ4v) is 1.43. The molecular formula is C10H14BrN3O. The minimum Gasteiger partial charge on any atom is -0.345 e. The highest BCUT2D eigenvalue weighted by Crippen LogP contribution is 2.16. The summed E-state index contributed by atoms with van der Waals surface area (Å²) in [6, 6.07) is 0. The zero-order valence-corrected chi connectivity index (χ0v) is 10.7. The highest BCUT2D eigenvalue weighted by atomic mass is 79.9. The fraction of sp³-hybridized carbons (Fsp3) is 0.400. The molecule has 0 N–H and O–H groups in total. The number of nitrogens with zero attached hydrogens (tertiary/aromatic N) is 3. The molecule has 0 unspecified atom stereocenters. The molecule has 1 amide bonds. The standard InChI is InChI=1S/C10H14BrN3O/c1-4-14-7-8(11)9(12-14)5-6-10(15)13(2)3/h5-7H,4H2,1-3H3/b6-5+. The van der Waals surface area contributed by atoms with Crippen LogP contribution in [-0.4, -0.2) is 34.7 Å². The first kappa shape index (κ1) is 12.0. The van der Waals surface area contributed by atoms with Gasteiger partial charge >= 0.3 is 0 Å². The minimum absolute atomic E-state index is 0.0482. The third-order valence-corrected chi connectivity index (χ3v) is 2.50. The van der Waals surface area contributed by atoms with E-state index in [0.717, 1.165) is 16.7 Å². The van der Waals surface area contributed by atoms with Crippen LogP contribution in [0.4, 0.5) is 0 Å². The number of aryl methyl sites for hydroxylation is 1. The number of carbonyl (C=O) groups excluding carboxylic acids is 1. The quantitative estimate of drug-likeness (QED) is 0.786. The molecule has 0 bridgehead atoms. The molecule has 0 aromatic carbocycles. The monoisotopic (exact) mass is 271 g/mol. The summed E-state index contributed by atoms with van der Waals surface area (Å²) < 4.78 is 2.70. The lowest BCUT2D eigenvalue weighted by molar-refractivity contribution is -0.123. The Hall–Kier alpha value is -1.10. The van der Waals surface area contributed by atoms with Gasteiger partial charge in [-0.15, -0.1) is 0 Å². The lowest BCUT2D eigenvalue weighted by Crippen LogP contribution is -2.18. The Morgan fingerprint density at radius 3 is 2.80 bits per heavy atom. The van der Waals surface area contributed by atoms with Crippen LogP contribution in [0.25, 0.3) is 6.08 Å². The second-order valence-corrected chi connectivity index (χ2v) is 4.14. The van der Waals surface area contributed by atoms with E-state index in [9.17, 15) is 4.79 Å². The zero-order valence-electron chi connectivity index (χ0n) is 9.07. The molecule has 0 aliphatic heterocycles. The lowest BCUT2D eigenvalue weighted by atomic mass is 10.3. The largest absolute Gasteiger partial charge is 0.345 e. The van der Waals surface area contributed by atoms with Crippen molar-refractivity contribution >= 4 is 27.9 Å². The predicted molar refractivity (Wildman–Crippen MR) is 63.3 cm³/mol. The molecule has 1 rings (SSSR count). The van der Waals surface area contributed by atoms with Crippen LogP contribution in [0.5, 0.6) is 0 Å². The van der Waals surface area contributed by atoms with Crippen LogP contribution in [-0.2, 0) is 11.3 Å². The molecule has 82 valence electrons. The number of hydrogen-bond donors (Lipinski definition) is 0. The average molecular weight is 272 g/mol. The van der Waals surface area contributed by atoms with E-state index in [4.69, 9.17) is 0 Å². The van der Waals surface area contributed by atoms with Crippen molar-refractivity contribution in [2.75, 3.05) is 14.1 Å². The molecule has 0 atom stereocenters. The van der Waals surface area contributed by atoms with Crippen molar-refractivity contribution in [3.63, 3.8) is 0 Å². The Labute approximate surface area is 97.7 Å². The molecule has 0 radical (unpaired) electrons. The maximum Gasteiger partial charge on any atom is 0.246 e. The highest BCUT2D eigenvalue weighted by Gasteiger charge is 2.03. The van der Waals surface area contributed by atoms with Gasteiger partial charge in [-0.05, 0) is 28.9 Å². The topological polar surface area (TPSA) is 38.1 Å². The molecule has 0 saturated carbocycles. The lowest BCUT2D eigenvalue weighted by Gasteiger charge is -2.04. The van der Waals surface area contributed by atoms with E-state index >= 15 is 0 Å². The maximum atomic E-state index is 11.3. The van der Waals surface area contributed by atoms with Crippen LogP contribution in [0.3, 0.4) is 0 Å². The smallest absolute Gasteiger partial charge is 0.246 e. The number of halogens is 1. The molecule has 0 fully saturated rings. The molecule has 0 spiro atoms. The van der Waals surface area contributed by atoms with Gasteiger partial charge in [-0.3, -0.25) is 9.48 Å². The second-order valence-electron chi connectivity index (χ2n) is 3.28. The predicted octanol–water partition coefficient (Wildman–Crippen LogP) is 1.77. The van der Waals surface area contributed by atoms with Crippen LogP contribution in [0.15, 0.2) is 16.7 Å². The van der Waals surface area contributed by atoms with E-state index in [1.807, 2.05) is 17.8 Å². The highest BCUT2D eigenvalue weighted by molar-refractivity contribution is 9.10. The van der Waals surface area contributed by atoms with Gasteiger partial charge in [-0.25, -0.2) is 0 Å². The van der Waals surface area contributed by atoms with Gasteiger partial charge in [0.25, 0.3) is 0 Å². The molecular weight excluding hydrogens is 258 g/mol. The number of carbonyl (C=O) groups is 1. The van der Waals surface area contributed by atoms with Crippen molar-refractivity contribution < 1.29 is 4.79 Å². The van der Waals surface area contributed by atoms with Crippen LogP contribution >= 0.6 is 15.9 Å². The summed E-state index contributed by atoms with van der Waals surface area (Å²) >= 11 is 3.39. The molecule has 0 aliphatic rings. The molecule has 15 heavy (non-hydrogen) atoms. The maximum absolute atomic E-state index is 11.3. The Morgan fingerprint density at radius 2 is 2.33 bits per heavy atom. The van der Waals surface area contributed by atoms with E-state index in [1.54, 1.807) is 20.2 Å². The number of hydrogen-bond acceptors (Lipinski definition) is 2. The van der Waals surface area contributed by atoms with Gasteiger partial charge in [-0.1, -0.05) is 0 Å². The van der Waals surface area contributed by atoms with Gasteiger partial charge in [-0.2, -0.15) is 5.10 Å². The number of amides is 1. The van der Waals surface area contributed by atoms with Crippen molar-refractivity contribution in [3.8, 4) is 0 Å². The fourth-order valence-electron chi connectivity index (χ4n) is 0.986. The summed E-state index contributed by atoms with van der Waals surface area (Å²) in [5, 5.41) is 4.27. The molecule has 1 heterocycles. The minimum atomic E-state index is -0.0482. The molecule has 5 heteroatoms. The van der Waals surface area contributed by atoms with Crippen molar-refractivity contribution in [1.82, 2.24) is 14.7 Å². The Morgan fingerprint density at radius 1 is 1.67 bits per heavy atom. The number of rotatable bonds is 3. The second kappa shape index (κ2) is 5.11. The third-order valence-electron chi connectivity index (χ3n) is 1.89. The first-order chi connectivity index (χ1) is 7.04. The third kappa shape index (κ3) is 3.20. The average Bonchev–Trinajstić information content (AvgIpc) is 2.55. The number of aromatic nitrogens is 2. The summed E-state index contributed by atoms with van der Waals surface area (Å²) in [4.78, 5) is 12.8. The molecule has 0 aliphatic carbocycles. The summed E-state index contributed by atoms with van der Waals surface area (Å²) in [7, 11) is 3.43. The van der Waals surface area contributed by atoms with Crippen LogP contribution < -0.4 is 0 Å². The normalized spacial score (nSPS) is 10.9. The molecule has 1 aromatic heterocycles. The van der Waals surface area contributed by atoms with Crippen LogP contribution in [0.2, 0.25) is 0 Å². The van der Waals surface area contributed by atoms with Gasteiger partial charge < -0.3 is 4.90 Å². The van der Waals surface area contributed by atoms with E-state index in [2.05, 4.69) is 21.0 Å². The van der Waals surface area contributed by atoms with E-state index in [1.165, 1.54) is 11.0 Å². The van der Waals surface area contributed by atoms with Crippen LogP contribution in [0, 0.1) is 0 Å². The Balaban J connectivity index is 2.80. The Kier molecular flexibility index (Phi) is 4.08. The zero-order chi connectivity index (χ0) is 11.4. The van der Waals surface area contributed by atoms with Crippen molar-refractivity contribution in [2.24, 2.45) is 0 Å². The molecule has 4 nitrogen and oxygen atoms in total. The summed E-state index contributed by atoms with van der Waals surface area (Å²) in [6.45, 7) is 2.83. The van der Waals surface area contributed by atoms with Gasteiger partial charge in [0.2, 0.25) is 5.91 Å². The van der Waals surface area contributed by atoms with Gasteiger partial charge in [0.1, 0.15) is 0 Å². The van der Waals surface area contributed by atoms with Crippen LogP contribution in [0.1, 0.15) is 12.6 Å². The van der Waals surface area contributed by atoms with E-state index in [0.29, 0.717) is 0 Å². The van der Waals surface area contributed by atoms with Gasteiger partial charge in [0.05, 0.1) is 10.2 Å². The SMILES string of the molecule is CCn1cc(Br)c(/C=C/C(=O)N(C)C)n1.